The minimum Gasteiger partial charge on any atom is -0.482 e. The van der Waals surface area contributed by atoms with Crippen LogP contribution in [0.5, 0.6) is 5.75 Å². The van der Waals surface area contributed by atoms with Crippen molar-refractivity contribution in [1.82, 2.24) is 0 Å². The van der Waals surface area contributed by atoms with E-state index in [0.717, 1.165) is 48.6 Å². The molecular formula is C19H22O5. The Morgan fingerprint density at radius 3 is 2.75 bits per heavy atom. The van der Waals surface area contributed by atoms with E-state index in [1.807, 2.05) is 19.9 Å². The normalized spacial score (nSPS) is 14.9. The fourth-order valence-corrected chi connectivity index (χ4v) is 3.00. The summed E-state index contributed by atoms with van der Waals surface area (Å²) >= 11 is 0. The number of fused-ring (bicyclic) bond motifs is 3. The Labute approximate surface area is 140 Å². The van der Waals surface area contributed by atoms with Crippen LogP contribution in [0.3, 0.4) is 0 Å². The summed E-state index contributed by atoms with van der Waals surface area (Å²) in [5, 5.41) is 0.957. The minimum absolute atomic E-state index is 0.123. The summed E-state index contributed by atoms with van der Waals surface area (Å²) in [5.74, 6) is 0.0823. The molecule has 128 valence electrons. The second-order valence-corrected chi connectivity index (χ2v) is 6.21. The molecule has 1 aromatic heterocycles. The molecule has 0 spiro atoms. The molecule has 0 fully saturated rings. The van der Waals surface area contributed by atoms with Crippen LogP contribution in [0.15, 0.2) is 27.4 Å². The van der Waals surface area contributed by atoms with Crippen LogP contribution in [0.4, 0.5) is 0 Å². The standard InChI is InChI=1S/C19H22O5/c1-3-12(2)23-18(20)11-22-13-8-9-15-14-6-4-5-7-16(14)19(21)24-17(15)10-13/h8-10,12H,3-7,11H2,1-2H3. The summed E-state index contributed by atoms with van der Waals surface area (Å²) in [4.78, 5) is 23.8. The number of carbonyl (C=O) groups excluding carboxylic acids is 1. The number of ether oxygens (including phenoxy) is 2. The van der Waals surface area contributed by atoms with E-state index in [0.29, 0.717) is 11.3 Å². The summed E-state index contributed by atoms with van der Waals surface area (Å²) in [6.45, 7) is 3.63. The largest absolute Gasteiger partial charge is 0.482 e. The summed E-state index contributed by atoms with van der Waals surface area (Å²) in [6.07, 6.45) is 4.44. The van der Waals surface area contributed by atoms with Gasteiger partial charge in [0.1, 0.15) is 11.3 Å². The molecule has 3 rings (SSSR count). The van der Waals surface area contributed by atoms with Gasteiger partial charge in [-0.05, 0) is 56.7 Å². The molecule has 5 heteroatoms. The van der Waals surface area contributed by atoms with Gasteiger partial charge in [-0.25, -0.2) is 9.59 Å². The molecule has 1 unspecified atom stereocenters. The average molecular weight is 330 g/mol. The van der Waals surface area contributed by atoms with E-state index in [2.05, 4.69) is 0 Å². The molecule has 1 aliphatic rings. The molecule has 0 radical (unpaired) electrons. The van der Waals surface area contributed by atoms with E-state index in [4.69, 9.17) is 13.9 Å². The lowest BCUT2D eigenvalue weighted by molar-refractivity contribution is -0.150. The van der Waals surface area contributed by atoms with Crippen molar-refractivity contribution < 1.29 is 18.7 Å². The molecule has 1 aliphatic carbocycles. The van der Waals surface area contributed by atoms with Crippen LogP contribution in [0.2, 0.25) is 0 Å². The Bertz CT molecular complexity index is 805. The number of hydrogen-bond donors (Lipinski definition) is 0. The van der Waals surface area contributed by atoms with Gasteiger partial charge < -0.3 is 13.9 Å². The highest BCUT2D eigenvalue weighted by Gasteiger charge is 2.18. The van der Waals surface area contributed by atoms with Crippen LogP contribution in [0.25, 0.3) is 11.0 Å². The Morgan fingerprint density at radius 1 is 1.25 bits per heavy atom. The molecule has 1 heterocycles. The lowest BCUT2D eigenvalue weighted by Crippen LogP contribution is -2.20. The molecule has 0 amide bonds. The second-order valence-electron chi connectivity index (χ2n) is 6.21. The van der Waals surface area contributed by atoms with Crippen molar-refractivity contribution >= 4 is 16.9 Å². The van der Waals surface area contributed by atoms with Gasteiger partial charge >= 0.3 is 11.6 Å². The van der Waals surface area contributed by atoms with Gasteiger partial charge in [-0.15, -0.1) is 0 Å². The minimum atomic E-state index is -0.406. The maximum absolute atomic E-state index is 12.1. The van der Waals surface area contributed by atoms with E-state index in [1.165, 1.54) is 0 Å². The molecule has 2 aromatic rings. The van der Waals surface area contributed by atoms with Crippen LogP contribution in [-0.4, -0.2) is 18.7 Å². The highest BCUT2D eigenvalue weighted by molar-refractivity contribution is 5.83. The molecule has 0 aliphatic heterocycles. The Kier molecular flexibility index (Phi) is 4.88. The first-order chi connectivity index (χ1) is 11.6. The first kappa shape index (κ1) is 16.6. The molecular weight excluding hydrogens is 308 g/mol. The molecule has 0 saturated carbocycles. The molecule has 24 heavy (non-hydrogen) atoms. The monoisotopic (exact) mass is 330 g/mol. The van der Waals surface area contributed by atoms with Crippen LogP contribution in [0, 0.1) is 0 Å². The smallest absolute Gasteiger partial charge is 0.344 e. The third-order valence-corrected chi connectivity index (χ3v) is 4.46. The average Bonchev–Trinajstić information content (AvgIpc) is 2.60. The summed E-state index contributed by atoms with van der Waals surface area (Å²) < 4.78 is 16.1. The predicted molar refractivity (Wildman–Crippen MR) is 90.5 cm³/mol. The Hall–Kier alpha value is -2.30. The van der Waals surface area contributed by atoms with Crippen molar-refractivity contribution in [3.05, 3.63) is 39.7 Å². The summed E-state index contributed by atoms with van der Waals surface area (Å²) in [6, 6.07) is 5.37. The fourth-order valence-electron chi connectivity index (χ4n) is 3.00. The predicted octanol–water partition coefficient (Wildman–Crippen LogP) is 3.39. The first-order valence-corrected chi connectivity index (χ1v) is 8.49. The number of benzene rings is 1. The lowest BCUT2D eigenvalue weighted by atomic mass is 9.91. The quantitative estimate of drug-likeness (QED) is 0.621. The van der Waals surface area contributed by atoms with Gasteiger partial charge in [0, 0.05) is 17.0 Å². The van der Waals surface area contributed by atoms with Gasteiger partial charge in [0.2, 0.25) is 0 Å². The molecule has 5 nitrogen and oxygen atoms in total. The third-order valence-electron chi connectivity index (χ3n) is 4.46. The van der Waals surface area contributed by atoms with Crippen molar-refractivity contribution in [2.75, 3.05) is 6.61 Å². The zero-order chi connectivity index (χ0) is 17.1. The van der Waals surface area contributed by atoms with Crippen molar-refractivity contribution in [2.45, 2.75) is 52.1 Å². The number of carbonyl (C=O) groups is 1. The zero-order valence-electron chi connectivity index (χ0n) is 14.1. The summed E-state index contributed by atoms with van der Waals surface area (Å²) in [7, 11) is 0. The van der Waals surface area contributed by atoms with Crippen molar-refractivity contribution in [3.8, 4) is 5.75 Å². The van der Waals surface area contributed by atoms with Gasteiger partial charge in [-0.1, -0.05) is 6.92 Å². The number of rotatable bonds is 5. The fraction of sp³-hybridized carbons (Fsp3) is 0.474. The summed E-state index contributed by atoms with van der Waals surface area (Å²) in [5.41, 5.74) is 2.15. The Morgan fingerprint density at radius 2 is 2.00 bits per heavy atom. The van der Waals surface area contributed by atoms with Crippen LogP contribution >= 0.6 is 0 Å². The van der Waals surface area contributed by atoms with Crippen molar-refractivity contribution in [1.29, 1.82) is 0 Å². The molecule has 0 saturated heterocycles. The first-order valence-electron chi connectivity index (χ1n) is 8.49. The zero-order valence-corrected chi connectivity index (χ0v) is 14.1. The van der Waals surface area contributed by atoms with E-state index in [9.17, 15) is 9.59 Å². The van der Waals surface area contributed by atoms with Crippen LogP contribution in [0.1, 0.15) is 44.2 Å². The second kappa shape index (κ2) is 7.07. The van der Waals surface area contributed by atoms with E-state index < -0.39 is 5.97 Å². The maximum Gasteiger partial charge on any atom is 0.344 e. The molecule has 1 aromatic carbocycles. The highest BCUT2D eigenvalue weighted by atomic mass is 16.6. The van der Waals surface area contributed by atoms with E-state index in [-0.39, 0.29) is 18.3 Å². The van der Waals surface area contributed by atoms with E-state index in [1.54, 1.807) is 12.1 Å². The van der Waals surface area contributed by atoms with E-state index >= 15 is 0 Å². The maximum atomic E-state index is 12.1. The van der Waals surface area contributed by atoms with Gasteiger partial charge in [-0.3, -0.25) is 0 Å². The van der Waals surface area contributed by atoms with Gasteiger partial charge in [0.15, 0.2) is 6.61 Å². The SMILES string of the molecule is CCC(C)OC(=O)COc1ccc2c3c(c(=O)oc2c1)CCCC3. The Balaban J connectivity index is 1.79. The van der Waals surface area contributed by atoms with Crippen LogP contribution in [-0.2, 0) is 22.4 Å². The van der Waals surface area contributed by atoms with Gasteiger partial charge in [0.25, 0.3) is 0 Å². The molecule has 0 N–H and O–H groups in total. The van der Waals surface area contributed by atoms with Crippen LogP contribution < -0.4 is 10.4 Å². The van der Waals surface area contributed by atoms with Crippen molar-refractivity contribution in [2.24, 2.45) is 0 Å². The lowest BCUT2D eigenvalue weighted by Gasteiger charge is -2.16. The number of aryl methyl sites for hydroxylation is 1. The van der Waals surface area contributed by atoms with Gasteiger partial charge in [-0.2, -0.15) is 0 Å². The molecule has 1 atom stereocenters. The number of hydrogen-bond acceptors (Lipinski definition) is 5. The third kappa shape index (κ3) is 3.45. The number of esters is 1. The van der Waals surface area contributed by atoms with Gasteiger partial charge in [0.05, 0.1) is 6.10 Å². The highest BCUT2D eigenvalue weighted by Crippen LogP contribution is 2.29. The molecule has 0 bridgehead atoms. The van der Waals surface area contributed by atoms with Crippen molar-refractivity contribution in [3.63, 3.8) is 0 Å². The topological polar surface area (TPSA) is 65.7 Å².